The lowest BCUT2D eigenvalue weighted by Crippen LogP contribution is -2.45. The molecular weight excluding hydrogens is 368 g/mol. The second-order valence-corrected chi connectivity index (χ2v) is 5.70. The lowest BCUT2D eigenvalue weighted by molar-refractivity contribution is -0.136. The molecular formula is C15H17BrN2O5. The molecule has 2 amide bonds. The molecule has 3 N–H and O–H groups in total. The minimum Gasteiger partial charge on any atom is -0.503 e. The van der Waals surface area contributed by atoms with Crippen molar-refractivity contribution < 1.29 is 24.2 Å². The zero-order valence-corrected chi connectivity index (χ0v) is 14.5. The van der Waals surface area contributed by atoms with Crippen LogP contribution in [0.4, 0.5) is 4.79 Å². The van der Waals surface area contributed by atoms with Gasteiger partial charge in [0.05, 0.1) is 29.8 Å². The maximum atomic E-state index is 12.1. The molecule has 1 aliphatic heterocycles. The fourth-order valence-electron chi connectivity index (χ4n) is 2.35. The average Bonchev–Trinajstić information content (AvgIpc) is 2.50. The monoisotopic (exact) mass is 384 g/mol. The number of esters is 1. The number of aromatic hydroxyl groups is 1. The number of amides is 2. The van der Waals surface area contributed by atoms with Crippen LogP contribution in [-0.4, -0.2) is 30.8 Å². The lowest BCUT2D eigenvalue weighted by atomic mass is 9.95. The van der Waals surface area contributed by atoms with E-state index in [1.165, 1.54) is 7.11 Å². The molecule has 0 fully saturated rings. The maximum absolute atomic E-state index is 12.1. The van der Waals surface area contributed by atoms with E-state index >= 15 is 0 Å². The van der Waals surface area contributed by atoms with Crippen LogP contribution in [0.3, 0.4) is 0 Å². The molecule has 1 atom stereocenters. The molecule has 0 saturated carbocycles. The van der Waals surface area contributed by atoms with Gasteiger partial charge in [-0.1, -0.05) is 0 Å². The molecule has 8 heteroatoms. The Morgan fingerprint density at radius 3 is 2.74 bits per heavy atom. The Hall–Kier alpha value is -2.22. The molecule has 0 bridgehead atoms. The summed E-state index contributed by atoms with van der Waals surface area (Å²) >= 11 is 3.25. The predicted octanol–water partition coefficient (Wildman–Crippen LogP) is 2.35. The normalized spacial score (nSPS) is 17.4. The topological polar surface area (TPSA) is 96.9 Å². The predicted molar refractivity (Wildman–Crippen MR) is 86.1 cm³/mol. The highest BCUT2D eigenvalue weighted by Crippen LogP contribution is 2.39. The van der Waals surface area contributed by atoms with Crippen LogP contribution in [0.15, 0.2) is 27.9 Å². The molecule has 1 aromatic carbocycles. The number of benzene rings is 1. The van der Waals surface area contributed by atoms with Crippen LogP contribution in [0.5, 0.6) is 11.5 Å². The second-order valence-electron chi connectivity index (χ2n) is 4.84. The van der Waals surface area contributed by atoms with E-state index in [0.29, 0.717) is 22.3 Å². The van der Waals surface area contributed by atoms with Crippen molar-refractivity contribution in [2.45, 2.75) is 19.9 Å². The van der Waals surface area contributed by atoms with E-state index in [2.05, 4.69) is 26.6 Å². The molecule has 2 rings (SSSR count). The molecule has 7 nitrogen and oxygen atoms in total. The van der Waals surface area contributed by atoms with Crippen LogP contribution in [0.25, 0.3) is 0 Å². The van der Waals surface area contributed by atoms with Gasteiger partial charge < -0.3 is 25.2 Å². The van der Waals surface area contributed by atoms with Gasteiger partial charge in [0.25, 0.3) is 0 Å². The summed E-state index contributed by atoms with van der Waals surface area (Å²) in [5.41, 5.74) is 1.27. The Labute approximate surface area is 141 Å². The molecule has 0 spiro atoms. The first-order chi connectivity index (χ1) is 10.9. The summed E-state index contributed by atoms with van der Waals surface area (Å²) in [6, 6.07) is 2.05. The number of rotatable bonds is 4. The Balaban J connectivity index is 2.56. The zero-order chi connectivity index (χ0) is 17.1. The van der Waals surface area contributed by atoms with Gasteiger partial charge >= 0.3 is 12.0 Å². The summed E-state index contributed by atoms with van der Waals surface area (Å²) in [4.78, 5) is 23.8. The van der Waals surface area contributed by atoms with Crippen molar-refractivity contribution in [2.75, 3.05) is 13.7 Å². The van der Waals surface area contributed by atoms with Gasteiger partial charge in [-0.25, -0.2) is 9.59 Å². The molecule has 1 aliphatic rings. The minimum atomic E-state index is -0.715. The number of methoxy groups -OCH3 is 1. The fourth-order valence-corrected chi connectivity index (χ4v) is 2.81. The summed E-state index contributed by atoms with van der Waals surface area (Å²) in [5.74, 6) is -0.343. The summed E-state index contributed by atoms with van der Waals surface area (Å²) in [7, 11) is 1.27. The number of allylic oxidation sites excluding steroid dienone is 1. The number of carbonyl (C=O) groups excluding carboxylic acids is 2. The lowest BCUT2D eigenvalue weighted by Gasteiger charge is -2.28. The smallest absolute Gasteiger partial charge is 0.337 e. The van der Waals surface area contributed by atoms with Gasteiger partial charge in [0.1, 0.15) is 0 Å². The first-order valence-corrected chi connectivity index (χ1v) is 7.70. The zero-order valence-electron chi connectivity index (χ0n) is 12.9. The maximum Gasteiger partial charge on any atom is 0.337 e. The van der Waals surface area contributed by atoms with E-state index < -0.39 is 18.0 Å². The number of phenols is 1. The number of hydrogen-bond donors (Lipinski definition) is 3. The molecule has 0 radical (unpaired) electrons. The molecule has 0 aromatic heterocycles. The summed E-state index contributed by atoms with van der Waals surface area (Å²) in [6.45, 7) is 3.77. The summed E-state index contributed by atoms with van der Waals surface area (Å²) < 4.78 is 10.6. The van der Waals surface area contributed by atoms with Crippen LogP contribution < -0.4 is 15.4 Å². The highest BCUT2D eigenvalue weighted by molar-refractivity contribution is 9.10. The van der Waals surface area contributed by atoms with Gasteiger partial charge in [0.15, 0.2) is 11.5 Å². The highest BCUT2D eigenvalue weighted by Gasteiger charge is 2.32. The van der Waals surface area contributed by atoms with E-state index in [0.717, 1.165) is 0 Å². The molecule has 0 saturated heterocycles. The van der Waals surface area contributed by atoms with E-state index in [4.69, 9.17) is 9.47 Å². The Bertz CT molecular complexity index is 687. The highest BCUT2D eigenvalue weighted by atomic mass is 79.9. The average molecular weight is 385 g/mol. The minimum absolute atomic E-state index is 0.0452. The van der Waals surface area contributed by atoms with Gasteiger partial charge in [0.2, 0.25) is 0 Å². The fraction of sp³-hybridized carbons (Fsp3) is 0.333. The summed E-state index contributed by atoms with van der Waals surface area (Å²) in [5, 5.41) is 15.2. The van der Waals surface area contributed by atoms with Crippen LogP contribution in [0.2, 0.25) is 0 Å². The number of ether oxygens (including phenoxy) is 2. The van der Waals surface area contributed by atoms with Crippen molar-refractivity contribution in [2.24, 2.45) is 0 Å². The third kappa shape index (κ3) is 3.42. The second kappa shape index (κ2) is 6.91. The standard InChI is InChI=1S/C15H17BrN2O5/c1-4-23-10-6-8(5-9(16)13(10)19)12-11(14(20)22-3)7(2)17-15(21)18-12/h5-6,12,19H,4H2,1-3H3,(H2,17,18,21)/t12-/m0/s1. The number of urea groups is 1. The van der Waals surface area contributed by atoms with E-state index in [1.54, 1.807) is 26.0 Å². The van der Waals surface area contributed by atoms with Crippen molar-refractivity contribution in [1.82, 2.24) is 10.6 Å². The van der Waals surface area contributed by atoms with Crippen LogP contribution >= 0.6 is 15.9 Å². The first-order valence-electron chi connectivity index (χ1n) is 6.90. The van der Waals surface area contributed by atoms with Gasteiger partial charge in [-0.15, -0.1) is 0 Å². The van der Waals surface area contributed by atoms with E-state index in [-0.39, 0.29) is 17.1 Å². The van der Waals surface area contributed by atoms with Gasteiger partial charge in [0, 0.05) is 5.70 Å². The van der Waals surface area contributed by atoms with E-state index in [1.807, 2.05) is 0 Å². The molecule has 23 heavy (non-hydrogen) atoms. The van der Waals surface area contributed by atoms with Crippen LogP contribution in [-0.2, 0) is 9.53 Å². The Morgan fingerprint density at radius 1 is 1.43 bits per heavy atom. The van der Waals surface area contributed by atoms with Gasteiger partial charge in [-0.3, -0.25) is 0 Å². The van der Waals surface area contributed by atoms with Crippen molar-refractivity contribution in [3.05, 3.63) is 33.4 Å². The number of phenolic OH excluding ortho intramolecular Hbond substituents is 1. The molecule has 0 aliphatic carbocycles. The third-order valence-electron chi connectivity index (χ3n) is 3.36. The van der Waals surface area contributed by atoms with E-state index in [9.17, 15) is 14.7 Å². The molecule has 1 heterocycles. The van der Waals surface area contributed by atoms with Crippen molar-refractivity contribution >= 4 is 27.9 Å². The summed E-state index contributed by atoms with van der Waals surface area (Å²) in [6.07, 6.45) is 0. The number of nitrogens with one attached hydrogen (secondary N) is 2. The largest absolute Gasteiger partial charge is 0.503 e. The van der Waals surface area contributed by atoms with Gasteiger partial charge in [-0.2, -0.15) is 0 Å². The Kier molecular flexibility index (Phi) is 5.15. The molecule has 1 aromatic rings. The molecule has 0 unspecified atom stereocenters. The Morgan fingerprint density at radius 2 is 2.13 bits per heavy atom. The molecule has 124 valence electrons. The van der Waals surface area contributed by atoms with Crippen molar-refractivity contribution in [1.29, 1.82) is 0 Å². The quantitative estimate of drug-likeness (QED) is 0.692. The third-order valence-corrected chi connectivity index (χ3v) is 3.96. The first kappa shape index (κ1) is 17.1. The van der Waals surface area contributed by atoms with Gasteiger partial charge in [-0.05, 0) is 47.5 Å². The van der Waals surface area contributed by atoms with Crippen molar-refractivity contribution in [3.8, 4) is 11.5 Å². The van der Waals surface area contributed by atoms with Crippen LogP contribution in [0.1, 0.15) is 25.5 Å². The number of hydrogen-bond acceptors (Lipinski definition) is 5. The van der Waals surface area contributed by atoms with Crippen molar-refractivity contribution in [3.63, 3.8) is 0 Å². The van der Waals surface area contributed by atoms with Crippen LogP contribution in [0, 0.1) is 0 Å². The number of halogens is 1. The SMILES string of the molecule is CCOc1cc([C@@H]2NC(=O)NC(C)=C2C(=O)OC)cc(Br)c1O. The number of carbonyl (C=O) groups is 2.